The first-order valence-corrected chi connectivity index (χ1v) is 5.84. The molecule has 3 rings (SSSR count). The Morgan fingerprint density at radius 2 is 2.06 bits per heavy atom. The van der Waals surface area contributed by atoms with E-state index in [4.69, 9.17) is 4.42 Å². The van der Waals surface area contributed by atoms with Crippen molar-refractivity contribution in [1.29, 1.82) is 0 Å². The number of furan rings is 1. The third-order valence-electron chi connectivity index (χ3n) is 3.55. The van der Waals surface area contributed by atoms with Crippen LogP contribution in [0, 0.1) is 13.8 Å². The minimum Gasteiger partial charge on any atom is -0.468 e. The number of benzene rings is 1. The number of fused-ring (bicyclic) bond motifs is 3. The summed E-state index contributed by atoms with van der Waals surface area (Å²) in [5, 5.41) is 0. The quantitative estimate of drug-likeness (QED) is 0.637. The Bertz CT molecular complexity index is 549. The van der Waals surface area contributed by atoms with Crippen LogP contribution in [-0.2, 0) is 6.42 Å². The van der Waals surface area contributed by atoms with Crippen LogP contribution in [0.1, 0.15) is 35.3 Å². The predicted molar refractivity (Wildman–Crippen MR) is 65.7 cm³/mol. The molecule has 1 aromatic carbocycles. The summed E-state index contributed by atoms with van der Waals surface area (Å²) < 4.78 is 5.64. The van der Waals surface area contributed by atoms with Gasteiger partial charge in [-0.15, -0.1) is 0 Å². The van der Waals surface area contributed by atoms with E-state index in [0.29, 0.717) is 5.92 Å². The topological polar surface area (TPSA) is 13.1 Å². The van der Waals surface area contributed by atoms with Crippen LogP contribution in [0.5, 0.6) is 0 Å². The van der Waals surface area contributed by atoms with Crippen LogP contribution in [0.4, 0.5) is 0 Å². The maximum Gasteiger partial charge on any atom is 0.112 e. The summed E-state index contributed by atoms with van der Waals surface area (Å²) in [5.74, 6) is 1.72. The highest BCUT2D eigenvalue weighted by molar-refractivity contribution is 5.75. The van der Waals surface area contributed by atoms with E-state index < -0.39 is 0 Å². The van der Waals surface area contributed by atoms with Gasteiger partial charge in [-0.05, 0) is 36.5 Å². The molecule has 0 N–H and O–H groups in total. The number of hydrogen-bond acceptors (Lipinski definition) is 1. The highest BCUT2D eigenvalue weighted by Gasteiger charge is 2.25. The molecule has 1 aliphatic rings. The van der Waals surface area contributed by atoms with Gasteiger partial charge in [0.1, 0.15) is 5.76 Å². The first-order valence-electron chi connectivity index (χ1n) is 5.84. The van der Waals surface area contributed by atoms with E-state index in [0.717, 1.165) is 12.2 Å². The first-order chi connectivity index (χ1) is 7.66. The zero-order valence-electron chi connectivity index (χ0n) is 10.0. The highest BCUT2D eigenvalue weighted by atomic mass is 16.3. The second-order valence-corrected chi connectivity index (χ2v) is 4.91. The molecule has 16 heavy (non-hydrogen) atoms. The maximum atomic E-state index is 5.64. The van der Waals surface area contributed by atoms with Crippen LogP contribution < -0.4 is 0 Å². The molecule has 82 valence electrons. The molecule has 1 heteroatoms. The third kappa shape index (κ3) is 1.24. The van der Waals surface area contributed by atoms with Gasteiger partial charge in [-0.1, -0.05) is 30.7 Å². The fourth-order valence-corrected chi connectivity index (χ4v) is 2.72. The number of hydrogen-bond donors (Lipinski definition) is 0. The van der Waals surface area contributed by atoms with Crippen molar-refractivity contribution >= 4 is 0 Å². The van der Waals surface area contributed by atoms with Gasteiger partial charge in [0.2, 0.25) is 0 Å². The Morgan fingerprint density at radius 1 is 1.25 bits per heavy atom. The van der Waals surface area contributed by atoms with Crippen molar-refractivity contribution in [2.24, 2.45) is 0 Å². The minimum absolute atomic E-state index is 0.563. The normalized spacial score (nSPS) is 18.1. The highest BCUT2D eigenvalue weighted by Crippen LogP contribution is 2.42. The van der Waals surface area contributed by atoms with Gasteiger partial charge in [-0.25, -0.2) is 0 Å². The summed E-state index contributed by atoms with van der Waals surface area (Å²) in [6.45, 7) is 6.56. The van der Waals surface area contributed by atoms with Gasteiger partial charge in [0.05, 0.1) is 6.26 Å². The largest absolute Gasteiger partial charge is 0.468 e. The molecule has 1 heterocycles. The Balaban J connectivity index is 2.31. The van der Waals surface area contributed by atoms with Gasteiger partial charge in [-0.3, -0.25) is 0 Å². The molecule has 2 aromatic rings. The van der Waals surface area contributed by atoms with E-state index in [1.54, 1.807) is 0 Å². The van der Waals surface area contributed by atoms with E-state index >= 15 is 0 Å². The Hall–Kier alpha value is -1.50. The molecule has 0 amide bonds. The molecule has 0 radical (unpaired) electrons. The summed E-state index contributed by atoms with van der Waals surface area (Å²) in [5.41, 5.74) is 6.76. The zero-order chi connectivity index (χ0) is 11.3. The van der Waals surface area contributed by atoms with Gasteiger partial charge in [0.25, 0.3) is 0 Å². The van der Waals surface area contributed by atoms with Gasteiger partial charge in [-0.2, -0.15) is 0 Å². The lowest BCUT2D eigenvalue weighted by atomic mass is 9.81. The van der Waals surface area contributed by atoms with Gasteiger partial charge >= 0.3 is 0 Å². The van der Waals surface area contributed by atoms with E-state index in [-0.39, 0.29) is 0 Å². The molecule has 0 bridgehead atoms. The molecular formula is C15H16O. The van der Waals surface area contributed by atoms with Gasteiger partial charge < -0.3 is 4.42 Å². The van der Waals surface area contributed by atoms with Crippen molar-refractivity contribution in [3.05, 3.63) is 46.9 Å². The van der Waals surface area contributed by atoms with Crippen molar-refractivity contribution in [1.82, 2.24) is 0 Å². The summed E-state index contributed by atoms with van der Waals surface area (Å²) in [7, 11) is 0. The summed E-state index contributed by atoms with van der Waals surface area (Å²) in [6, 6.07) is 6.74. The molecule has 1 unspecified atom stereocenters. The Morgan fingerprint density at radius 3 is 2.88 bits per heavy atom. The Kier molecular flexibility index (Phi) is 1.97. The zero-order valence-corrected chi connectivity index (χ0v) is 10.0. The smallest absolute Gasteiger partial charge is 0.112 e. The van der Waals surface area contributed by atoms with Crippen molar-refractivity contribution in [3.63, 3.8) is 0 Å². The average Bonchev–Trinajstić information content (AvgIpc) is 2.61. The van der Waals surface area contributed by atoms with Crippen molar-refractivity contribution in [3.8, 4) is 11.1 Å². The predicted octanol–water partition coefficient (Wildman–Crippen LogP) is 4.22. The standard InChI is InChI=1S/C15H16O/c1-9-4-5-12-13(6-9)10(2)7-14-15(12)11(3)8-16-14/h4-6,8,10H,7H2,1-3H3. The van der Waals surface area contributed by atoms with E-state index in [2.05, 4.69) is 39.0 Å². The molecule has 1 aliphatic carbocycles. The fraction of sp³-hybridized carbons (Fsp3) is 0.333. The lowest BCUT2D eigenvalue weighted by molar-refractivity contribution is 0.489. The SMILES string of the molecule is Cc1ccc2c(c1)C(C)Cc1occ(C)c1-2. The molecule has 1 nitrogen and oxygen atoms in total. The number of aryl methyl sites for hydroxylation is 2. The van der Waals surface area contributed by atoms with Crippen LogP contribution in [0.25, 0.3) is 11.1 Å². The van der Waals surface area contributed by atoms with Crippen molar-refractivity contribution in [2.45, 2.75) is 33.1 Å². The van der Waals surface area contributed by atoms with Crippen molar-refractivity contribution in [2.75, 3.05) is 0 Å². The second-order valence-electron chi connectivity index (χ2n) is 4.91. The molecular weight excluding hydrogens is 196 g/mol. The average molecular weight is 212 g/mol. The van der Waals surface area contributed by atoms with Crippen molar-refractivity contribution < 1.29 is 4.42 Å². The van der Waals surface area contributed by atoms with Crippen LogP contribution in [0.15, 0.2) is 28.9 Å². The fourth-order valence-electron chi connectivity index (χ4n) is 2.72. The van der Waals surface area contributed by atoms with E-state index in [1.807, 2.05) is 6.26 Å². The molecule has 0 saturated heterocycles. The molecule has 0 saturated carbocycles. The molecule has 1 aromatic heterocycles. The Labute approximate surface area is 96.1 Å². The van der Waals surface area contributed by atoms with E-state index in [1.165, 1.54) is 27.8 Å². The summed E-state index contributed by atoms with van der Waals surface area (Å²) >= 11 is 0. The maximum absolute atomic E-state index is 5.64. The van der Waals surface area contributed by atoms with Crippen LogP contribution in [0.2, 0.25) is 0 Å². The lowest BCUT2D eigenvalue weighted by Gasteiger charge is -2.22. The second kappa shape index (κ2) is 3.24. The van der Waals surface area contributed by atoms with Crippen LogP contribution >= 0.6 is 0 Å². The minimum atomic E-state index is 0.563. The van der Waals surface area contributed by atoms with Gasteiger partial charge in [0.15, 0.2) is 0 Å². The lowest BCUT2D eigenvalue weighted by Crippen LogP contribution is -2.07. The van der Waals surface area contributed by atoms with Crippen LogP contribution in [0.3, 0.4) is 0 Å². The molecule has 0 aliphatic heterocycles. The van der Waals surface area contributed by atoms with E-state index in [9.17, 15) is 0 Å². The van der Waals surface area contributed by atoms with Crippen LogP contribution in [-0.4, -0.2) is 0 Å². The number of rotatable bonds is 0. The summed E-state index contributed by atoms with van der Waals surface area (Å²) in [6.07, 6.45) is 2.91. The molecule has 1 atom stereocenters. The van der Waals surface area contributed by atoms with Gasteiger partial charge in [0, 0.05) is 12.0 Å². The molecule has 0 fully saturated rings. The monoisotopic (exact) mass is 212 g/mol. The third-order valence-corrected chi connectivity index (χ3v) is 3.55. The summed E-state index contributed by atoms with van der Waals surface area (Å²) in [4.78, 5) is 0. The first kappa shape index (κ1) is 9.71. The molecule has 0 spiro atoms.